The van der Waals surface area contributed by atoms with Crippen LogP contribution in [0.3, 0.4) is 0 Å². The standard InChI is InChI=1S/C7H6N4S/c1-2-4-8-6(3-1)12-7-9-5-10-11-7/h1-5H,(H,9,10,11). The fourth-order valence-corrected chi connectivity index (χ4v) is 1.41. The van der Waals surface area contributed by atoms with E-state index in [2.05, 4.69) is 20.2 Å². The lowest BCUT2D eigenvalue weighted by molar-refractivity contribution is 0.967. The normalized spacial score (nSPS) is 10.0. The van der Waals surface area contributed by atoms with E-state index in [0.717, 1.165) is 10.2 Å². The van der Waals surface area contributed by atoms with Gasteiger partial charge >= 0.3 is 0 Å². The maximum absolute atomic E-state index is 4.13. The first kappa shape index (κ1) is 7.30. The molecule has 1 N–H and O–H groups in total. The second-order valence-electron chi connectivity index (χ2n) is 2.06. The molecular weight excluding hydrogens is 172 g/mol. The molecule has 0 atom stereocenters. The van der Waals surface area contributed by atoms with E-state index in [1.54, 1.807) is 6.20 Å². The van der Waals surface area contributed by atoms with Crippen molar-refractivity contribution in [1.29, 1.82) is 0 Å². The third kappa shape index (κ3) is 1.62. The van der Waals surface area contributed by atoms with E-state index in [0.29, 0.717) is 0 Å². The number of nitrogens with zero attached hydrogens (tertiary/aromatic N) is 3. The molecule has 12 heavy (non-hydrogen) atoms. The number of hydrogen-bond acceptors (Lipinski definition) is 4. The van der Waals surface area contributed by atoms with Gasteiger partial charge < -0.3 is 0 Å². The zero-order valence-electron chi connectivity index (χ0n) is 6.14. The lowest BCUT2D eigenvalue weighted by Crippen LogP contribution is -1.78. The maximum atomic E-state index is 4.13. The quantitative estimate of drug-likeness (QED) is 0.754. The fourth-order valence-electron chi connectivity index (χ4n) is 0.750. The van der Waals surface area contributed by atoms with Crippen LogP contribution >= 0.6 is 11.8 Å². The SMILES string of the molecule is c1ccc(Sc2ncn[nH]2)nc1. The van der Waals surface area contributed by atoms with Crippen molar-refractivity contribution in [2.75, 3.05) is 0 Å². The van der Waals surface area contributed by atoms with Crippen LogP contribution in [-0.4, -0.2) is 20.2 Å². The minimum Gasteiger partial charge on any atom is -0.254 e. The molecule has 60 valence electrons. The van der Waals surface area contributed by atoms with E-state index in [1.807, 2.05) is 18.2 Å². The first-order valence-electron chi connectivity index (χ1n) is 3.39. The molecule has 0 bridgehead atoms. The highest BCUT2D eigenvalue weighted by atomic mass is 32.2. The fraction of sp³-hybridized carbons (Fsp3) is 0. The summed E-state index contributed by atoms with van der Waals surface area (Å²) in [6.07, 6.45) is 3.23. The van der Waals surface area contributed by atoms with Crippen LogP contribution in [0.25, 0.3) is 0 Å². The summed E-state index contributed by atoms with van der Waals surface area (Å²) < 4.78 is 0. The summed E-state index contributed by atoms with van der Waals surface area (Å²) in [5.41, 5.74) is 0. The number of H-pyrrole nitrogens is 1. The van der Waals surface area contributed by atoms with Gasteiger partial charge in [-0.25, -0.2) is 9.97 Å². The minimum absolute atomic E-state index is 0.758. The first-order chi connectivity index (χ1) is 5.95. The van der Waals surface area contributed by atoms with E-state index >= 15 is 0 Å². The Morgan fingerprint density at radius 2 is 2.25 bits per heavy atom. The maximum Gasteiger partial charge on any atom is 0.189 e. The van der Waals surface area contributed by atoms with Gasteiger partial charge in [-0.2, -0.15) is 5.10 Å². The van der Waals surface area contributed by atoms with Crippen molar-refractivity contribution in [3.63, 3.8) is 0 Å². The van der Waals surface area contributed by atoms with Gasteiger partial charge in [-0.3, -0.25) is 5.10 Å². The van der Waals surface area contributed by atoms with E-state index in [-0.39, 0.29) is 0 Å². The molecule has 0 fully saturated rings. The average molecular weight is 178 g/mol. The Labute approximate surface area is 73.4 Å². The van der Waals surface area contributed by atoms with Gasteiger partial charge in [0, 0.05) is 6.20 Å². The Kier molecular flexibility index (Phi) is 2.04. The Balaban J connectivity index is 2.15. The summed E-state index contributed by atoms with van der Waals surface area (Å²) in [5.74, 6) is 0. The summed E-state index contributed by atoms with van der Waals surface area (Å²) in [6.45, 7) is 0. The van der Waals surface area contributed by atoms with Crippen molar-refractivity contribution < 1.29 is 0 Å². The summed E-state index contributed by atoms with van der Waals surface area (Å²) in [7, 11) is 0. The molecule has 0 amide bonds. The highest BCUT2D eigenvalue weighted by molar-refractivity contribution is 7.99. The van der Waals surface area contributed by atoms with Crippen LogP contribution in [0.2, 0.25) is 0 Å². The van der Waals surface area contributed by atoms with E-state index in [4.69, 9.17) is 0 Å². The largest absolute Gasteiger partial charge is 0.254 e. The number of hydrogen-bond donors (Lipinski definition) is 1. The Hall–Kier alpha value is -1.36. The molecule has 0 saturated heterocycles. The molecule has 0 unspecified atom stereocenters. The van der Waals surface area contributed by atoms with Crippen molar-refractivity contribution in [2.24, 2.45) is 0 Å². The third-order valence-corrected chi connectivity index (χ3v) is 2.07. The second-order valence-corrected chi connectivity index (χ2v) is 3.07. The van der Waals surface area contributed by atoms with Gasteiger partial charge in [-0.05, 0) is 23.9 Å². The van der Waals surface area contributed by atoms with Crippen molar-refractivity contribution in [3.8, 4) is 0 Å². The molecular formula is C7H6N4S. The molecule has 0 radical (unpaired) electrons. The van der Waals surface area contributed by atoms with Crippen LogP contribution in [0.5, 0.6) is 0 Å². The highest BCUT2D eigenvalue weighted by Gasteiger charge is 1.98. The average Bonchev–Trinajstić information content (AvgIpc) is 2.59. The summed E-state index contributed by atoms with van der Waals surface area (Å²) >= 11 is 1.45. The van der Waals surface area contributed by atoms with E-state index in [1.165, 1.54) is 18.1 Å². The number of pyridine rings is 1. The van der Waals surface area contributed by atoms with E-state index < -0.39 is 0 Å². The predicted molar refractivity (Wildman–Crippen MR) is 44.7 cm³/mol. The zero-order valence-corrected chi connectivity index (χ0v) is 6.95. The number of rotatable bonds is 2. The molecule has 2 heterocycles. The third-order valence-electron chi connectivity index (χ3n) is 1.23. The Bertz CT molecular complexity index is 332. The van der Waals surface area contributed by atoms with Gasteiger partial charge in [0.2, 0.25) is 0 Å². The summed E-state index contributed by atoms with van der Waals surface area (Å²) in [5, 5.41) is 8.15. The van der Waals surface area contributed by atoms with Crippen LogP contribution in [0, 0.1) is 0 Å². The highest BCUT2D eigenvalue weighted by Crippen LogP contribution is 2.20. The Morgan fingerprint density at radius 1 is 1.25 bits per heavy atom. The molecule has 0 aromatic carbocycles. The van der Waals surface area contributed by atoms with Gasteiger partial charge in [0.1, 0.15) is 11.4 Å². The Morgan fingerprint density at radius 3 is 2.92 bits per heavy atom. The first-order valence-corrected chi connectivity index (χ1v) is 4.21. The minimum atomic E-state index is 0.758. The van der Waals surface area contributed by atoms with Crippen molar-refractivity contribution >= 4 is 11.8 Å². The smallest absolute Gasteiger partial charge is 0.189 e. The second kappa shape index (κ2) is 3.36. The molecule has 2 rings (SSSR count). The van der Waals surface area contributed by atoms with Crippen LogP contribution < -0.4 is 0 Å². The predicted octanol–water partition coefficient (Wildman–Crippen LogP) is 1.35. The summed E-state index contributed by atoms with van der Waals surface area (Å²) in [4.78, 5) is 8.10. The lowest BCUT2D eigenvalue weighted by Gasteiger charge is -1.93. The zero-order chi connectivity index (χ0) is 8.23. The van der Waals surface area contributed by atoms with Crippen LogP contribution in [0.15, 0.2) is 40.9 Å². The molecule has 0 aliphatic rings. The molecule has 2 aromatic heterocycles. The van der Waals surface area contributed by atoms with Crippen molar-refractivity contribution in [3.05, 3.63) is 30.7 Å². The molecule has 0 aliphatic carbocycles. The lowest BCUT2D eigenvalue weighted by atomic mass is 10.5. The van der Waals surface area contributed by atoms with Crippen LogP contribution in [0.1, 0.15) is 0 Å². The van der Waals surface area contributed by atoms with Crippen LogP contribution in [-0.2, 0) is 0 Å². The molecule has 0 spiro atoms. The van der Waals surface area contributed by atoms with Gasteiger partial charge in [0.25, 0.3) is 0 Å². The van der Waals surface area contributed by atoms with Crippen molar-refractivity contribution in [1.82, 2.24) is 20.2 Å². The molecule has 5 heteroatoms. The topological polar surface area (TPSA) is 54.5 Å². The number of nitrogens with one attached hydrogen (secondary N) is 1. The van der Waals surface area contributed by atoms with Gasteiger partial charge in [-0.15, -0.1) is 0 Å². The molecule has 2 aromatic rings. The van der Waals surface area contributed by atoms with Gasteiger partial charge in [0.15, 0.2) is 5.16 Å². The van der Waals surface area contributed by atoms with E-state index in [9.17, 15) is 0 Å². The number of aromatic nitrogens is 4. The van der Waals surface area contributed by atoms with Gasteiger partial charge in [-0.1, -0.05) is 6.07 Å². The van der Waals surface area contributed by atoms with Crippen LogP contribution in [0.4, 0.5) is 0 Å². The monoisotopic (exact) mass is 178 g/mol. The molecule has 0 saturated carbocycles. The van der Waals surface area contributed by atoms with Gasteiger partial charge in [0.05, 0.1) is 0 Å². The number of aromatic amines is 1. The summed E-state index contributed by atoms with van der Waals surface area (Å²) in [6, 6.07) is 5.74. The molecule has 4 nitrogen and oxygen atoms in total. The van der Waals surface area contributed by atoms with Crippen molar-refractivity contribution in [2.45, 2.75) is 10.2 Å². The molecule has 0 aliphatic heterocycles.